The van der Waals surface area contributed by atoms with Gasteiger partial charge in [0.25, 0.3) is 0 Å². The van der Waals surface area contributed by atoms with E-state index in [1.165, 1.54) is 44.1 Å². The van der Waals surface area contributed by atoms with Gasteiger partial charge in [-0.15, -0.1) is 6.58 Å². The Balaban J connectivity index is 2.26. The molecular formula is C18H26. The van der Waals surface area contributed by atoms with Crippen molar-refractivity contribution < 1.29 is 0 Å². The van der Waals surface area contributed by atoms with E-state index in [1.54, 1.807) is 0 Å². The summed E-state index contributed by atoms with van der Waals surface area (Å²) in [5.41, 5.74) is 1.98. The molecule has 0 amide bonds. The Hall–Kier alpha value is -1.04. The molecule has 1 unspecified atom stereocenters. The zero-order valence-corrected chi connectivity index (χ0v) is 11.7. The van der Waals surface area contributed by atoms with Crippen LogP contribution >= 0.6 is 0 Å². The van der Waals surface area contributed by atoms with E-state index in [0.717, 1.165) is 11.8 Å². The Bertz CT molecular complexity index is 365. The molecule has 2 rings (SSSR count). The number of rotatable bonds is 5. The Morgan fingerprint density at radius 2 is 1.94 bits per heavy atom. The van der Waals surface area contributed by atoms with Crippen molar-refractivity contribution in [2.45, 2.75) is 45.4 Å². The monoisotopic (exact) mass is 242 g/mol. The highest BCUT2D eigenvalue weighted by Gasteiger charge is 2.49. The van der Waals surface area contributed by atoms with Gasteiger partial charge in [0.15, 0.2) is 0 Å². The smallest absolute Gasteiger partial charge is 0.00164 e. The van der Waals surface area contributed by atoms with Crippen LogP contribution in [0.15, 0.2) is 49.1 Å². The standard InChI is InChI=1S/C18H26/c1-4-7-11-16(6-3)18(13-9-14-18)17-12-8-10-15(17)5-2/h4-7,11,15,17H,1-2,8-10,12-14H2,3H3/b11-7-,16-6+/t15-,17?/m1/s1. The molecule has 0 aromatic heterocycles. The van der Waals surface area contributed by atoms with E-state index >= 15 is 0 Å². The van der Waals surface area contributed by atoms with Gasteiger partial charge in [-0.05, 0) is 55.4 Å². The van der Waals surface area contributed by atoms with Gasteiger partial charge < -0.3 is 0 Å². The summed E-state index contributed by atoms with van der Waals surface area (Å²) in [4.78, 5) is 0. The van der Waals surface area contributed by atoms with Crippen molar-refractivity contribution in [2.75, 3.05) is 0 Å². The third-order valence-corrected chi connectivity index (χ3v) is 5.13. The lowest BCUT2D eigenvalue weighted by Gasteiger charge is -2.50. The minimum Gasteiger partial charge on any atom is -0.103 e. The highest BCUT2D eigenvalue weighted by Crippen LogP contribution is 2.59. The molecule has 0 heteroatoms. The van der Waals surface area contributed by atoms with E-state index in [2.05, 4.69) is 44.4 Å². The Morgan fingerprint density at radius 1 is 1.17 bits per heavy atom. The molecule has 0 heterocycles. The molecule has 18 heavy (non-hydrogen) atoms. The van der Waals surface area contributed by atoms with Gasteiger partial charge in [0.05, 0.1) is 0 Å². The lowest BCUT2D eigenvalue weighted by molar-refractivity contribution is 0.0818. The number of hydrogen-bond donors (Lipinski definition) is 0. The maximum absolute atomic E-state index is 4.06. The second kappa shape index (κ2) is 5.73. The highest BCUT2D eigenvalue weighted by atomic mass is 14.5. The van der Waals surface area contributed by atoms with Crippen LogP contribution in [0.25, 0.3) is 0 Å². The van der Waals surface area contributed by atoms with E-state index in [9.17, 15) is 0 Å². The van der Waals surface area contributed by atoms with E-state index in [0.29, 0.717) is 5.41 Å². The average Bonchev–Trinajstić information content (AvgIpc) is 2.80. The summed E-state index contributed by atoms with van der Waals surface area (Å²) in [5.74, 6) is 1.56. The zero-order valence-electron chi connectivity index (χ0n) is 11.7. The number of hydrogen-bond acceptors (Lipinski definition) is 0. The maximum Gasteiger partial charge on any atom is -0.00164 e. The summed E-state index contributed by atoms with van der Waals surface area (Å²) in [6.07, 6.45) is 19.0. The molecule has 0 aliphatic heterocycles. The van der Waals surface area contributed by atoms with Crippen LogP contribution in [0, 0.1) is 17.3 Å². The van der Waals surface area contributed by atoms with E-state index in [-0.39, 0.29) is 0 Å². The molecule has 0 radical (unpaired) electrons. The molecule has 0 aromatic rings. The largest absolute Gasteiger partial charge is 0.103 e. The molecule has 2 saturated carbocycles. The lowest BCUT2D eigenvalue weighted by atomic mass is 9.54. The SMILES string of the molecule is C=C/C=C\C(=C/C)C1(C2CCC[C@H]2C=C)CCC1. The van der Waals surface area contributed by atoms with Crippen molar-refractivity contribution in [3.63, 3.8) is 0 Å². The molecule has 0 N–H and O–H groups in total. The van der Waals surface area contributed by atoms with Crippen LogP contribution in [0.3, 0.4) is 0 Å². The molecule has 0 nitrogen and oxygen atoms in total. The second-order valence-electron chi connectivity index (χ2n) is 5.79. The molecule has 2 atom stereocenters. The van der Waals surface area contributed by atoms with Crippen LogP contribution in [0.1, 0.15) is 45.4 Å². The molecule has 98 valence electrons. The maximum atomic E-state index is 4.06. The first-order valence-electron chi connectivity index (χ1n) is 7.37. The van der Waals surface area contributed by atoms with Crippen LogP contribution < -0.4 is 0 Å². The molecule has 0 aromatic carbocycles. The van der Waals surface area contributed by atoms with Crippen LogP contribution in [0.4, 0.5) is 0 Å². The fraction of sp³-hybridized carbons (Fsp3) is 0.556. The van der Waals surface area contributed by atoms with Gasteiger partial charge in [0, 0.05) is 0 Å². The van der Waals surface area contributed by atoms with E-state index in [4.69, 9.17) is 0 Å². The fourth-order valence-electron chi connectivity index (χ4n) is 4.11. The molecular weight excluding hydrogens is 216 g/mol. The third kappa shape index (κ3) is 2.13. The van der Waals surface area contributed by atoms with Gasteiger partial charge in [-0.3, -0.25) is 0 Å². The van der Waals surface area contributed by atoms with E-state index < -0.39 is 0 Å². The minimum absolute atomic E-state index is 0.448. The van der Waals surface area contributed by atoms with Gasteiger partial charge in [-0.25, -0.2) is 0 Å². The summed E-state index contributed by atoms with van der Waals surface area (Å²) in [6.45, 7) is 10.0. The Morgan fingerprint density at radius 3 is 2.44 bits per heavy atom. The predicted molar refractivity (Wildman–Crippen MR) is 80.4 cm³/mol. The van der Waals surface area contributed by atoms with Crippen molar-refractivity contribution in [2.24, 2.45) is 17.3 Å². The quantitative estimate of drug-likeness (QED) is 0.444. The van der Waals surface area contributed by atoms with Crippen LogP contribution in [0.2, 0.25) is 0 Å². The molecule has 0 bridgehead atoms. The summed E-state index contributed by atoms with van der Waals surface area (Å²) in [5, 5.41) is 0. The highest BCUT2D eigenvalue weighted by molar-refractivity contribution is 5.32. The summed E-state index contributed by atoms with van der Waals surface area (Å²) >= 11 is 0. The van der Waals surface area contributed by atoms with Gasteiger partial charge in [-0.1, -0.05) is 49.8 Å². The van der Waals surface area contributed by atoms with E-state index in [1.807, 2.05) is 6.08 Å². The van der Waals surface area contributed by atoms with Crippen molar-refractivity contribution in [1.29, 1.82) is 0 Å². The number of allylic oxidation sites excluding steroid dienone is 6. The first-order chi connectivity index (χ1) is 8.78. The first-order valence-corrected chi connectivity index (χ1v) is 7.37. The summed E-state index contributed by atoms with van der Waals surface area (Å²) < 4.78 is 0. The normalized spacial score (nSPS) is 31.3. The predicted octanol–water partition coefficient (Wildman–Crippen LogP) is 5.45. The van der Waals surface area contributed by atoms with Gasteiger partial charge >= 0.3 is 0 Å². The topological polar surface area (TPSA) is 0 Å². The molecule has 2 fully saturated rings. The van der Waals surface area contributed by atoms with Crippen LogP contribution in [0.5, 0.6) is 0 Å². The third-order valence-electron chi connectivity index (χ3n) is 5.13. The second-order valence-corrected chi connectivity index (χ2v) is 5.79. The summed E-state index contributed by atoms with van der Waals surface area (Å²) in [6, 6.07) is 0. The Kier molecular flexibility index (Phi) is 4.27. The van der Waals surface area contributed by atoms with Gasteiger partial charge in [0.1, 0.15) is 0 Å². The van der Waals surface area contributed by atoms with Gasteiger partial charge in [0.2, 0.25) is 0 Å². The molecule has 2 aliphatic carbocycles. The molecule has 0 saturated heterocycles. The van der Waals surface area contributed by atoms with Gasteiger partial charge in [-0.2, -0.15) is 0 Å². The summed E-state index contributed by atoms with van der Waals surface area (Å²) in [7, 11) is 0. The first kappa shape index (κ1) is 13.4. The zero-order chi connectivity index (χ0) is 13.0. The van der Waals surface area contributed by atoms with Crippen molar-refractivity contribution in [1.82, 2.24) is 0 Å². The lowest BCUT2D eigenvalue weighted by Crippen LogP contribution is -2.40. The fourth-order valence-corrected chi connectivity index (χ4v) is 4.11. The average molecular weight is 242 g/mol. The van der Waals surface area contributed by atoms with Crippen molar-refractivity contribution in [3.05, 3.63) is 49.1 Å². The Labute approximate surface area is 112 Å². The van der Waals surface area contributed by atoms with Crippen molar-refractivity contribution in [3.8, 4) is 0 Å². The van der Waals surface area contributed by atoms with Crippen molar-refractivity contribution >= 4 is 0 Å². The van der Waals surface area contributed by atoms with Crippen LogP contribution in [-0.4, -0.2) is 0 Å². The molecule has 0 spiro atoms. The van der Waals surface area contributed by atoms with Crippen LogP contribution in [-0.2, 0) is 0 Å². The molecule has 2 aliphatic rings. The minimum atomic E-state index is 0.448.